The molecule has 27 heavy (non-hydrogen) atoms. The molecular weight excluding hydrogens is 362 g/mol. The molecule has 0 N–H and O–H groups in total. The predicted octanol–water partition coefficient (Wildman–Crippen LogP) is 2.09. The summed E-state index contributed by atoms with van der Waals surface area (Å²) < 4.78 is 25.7. The van der Waals surface area contributed by atoms with Gasteiger partial charge in [0.15, 0.2) is 0 Å². The number of carbonyl (C=O) groups is 1. The highest BCUT2D eigenvalue weighted by atomic mass is 32.2. The first-order chi connectivity index (χ1) is 12.9. The summed E-state index contributed by atoms with van der Waals surface area (Å²) in [5.41, 5.74) is 2.78. The van der Waals surface area contributed by atoms with Crippen molar-refractivity contribution in [3.63, 3.8) is 0 Å². The first-order valence-corrected chi connectivity index (χ1v) is 10.9. The highest BCUT2D eigenvalue weighted by Crippen LogP contribution is 2.46. The summed E-state index contributed by atoms with van der Waals surface area (Å²) in [6.45, 7) is 3.53. The van der Waals surface area contributed by atoms with Crippen molar-refractivity contribution in [2.24, 2.45) is 11.8 Å². The number of fused-ring (bicyclic) bond motifs is 1. The fraction of sp³-hybridized carbons (Fsp3) is 0.400. The fourth-order valence-electron chi connectivity index (χ4n) is 4.46. The molecule has 2 aliphatic rings. The van der Waals surface area contributed by atoms with Gasteiger partial charge < -0.3 is 4.90 Å². The van der Waals surface area contributed by atoms with Crippen molar-refractivity contribution in [2.45, 2.75) is 13.0 Å². The van der Waals surface area contributed by atoms with Crippen LogP contribution < -0.4 is 0 Å². The summed E-state index contributed by atoms with van der Waals surface area (Å²) in [6.07, 6.45) is 4.50. The topological polar surface area (TPSA) is 70.6 Å². The number of likely N-dealkylation sites (tertiary alicyclic amines) is 1. The van der Waals surface area contributed by atoms with Crippen molar-refractivity contribution in [1.82, 2.24) is 14.2 Å². The molecule has 0 bridgehead atoms. The molecule has 0 radical (unpaired) electrons. The van der Waals surface area contributed by atoms with Crippen molar-refractivity contribution in [3.05, 3.63) is 65.5 Å². The quantitative estimate of drug-likeness (QED) is 0.811. The molecule has 4 rings (SSSR count). The van der Waals surface area contributed by atoms with Gasteiger partial charge >= 0.3 is 0 Å². The Morgan fingerprint density at radius 2 is 1.89 bits per heavy atom. The number of rotatable bonds is 3. The Hall–Kier alpha value is -2.25. The van der Waals surface area contributed by atoms with Gasteiger partial charge in [-0.25, -0.2) is 12.7 Å². The second-order valence-electron chi connectivity index (χ2n) is 7.50. The molecule has 0 spiro atoms. The third-order valence-electron chi connectivity index (χ3n) is 5.78. The smallest absolute Gasteiger partial charge is 0.255 e. The maximum Gasteiger partial charge on any atom is 0.255 e. The highest BCUT2D eigenvalue weighted by molar-refractivity contribution is 7.88. The van der Waals surface area contributed by atoms with E-state index in [0.717, 1.165) is 11.1 Å². The van der Waals surface area contributed by atoms with Crippen LogP contribution in [0.15, 0.2) is 48.8 Å². The molecule has 1 aromatic carbocycles. The summed E-state index contributed by atoms with van der Waals surface area (Å²) >= 11 is 0. The summed E-state index contributed by atoms with van der Waals surface area (Å²) in [6, 6.07) is 11.5. The Morgan fingerprint density at radius 1 is 1.11 bits per heavy atom. The second-order valence-corrected chi connectivity index (χ2v) is 9.49. The fourth-order valence-corrected chi connectivity index (χ4v) is 5.36. The summed E-state index contributed by atoms with van der Waals surface area (Å²) in [7, 11) is -3.23. The van der Waals surface area contributed by atoms with Crippen LogP contribution in [0, 0.1) is 18.8 Å². The molecule has 1 aromatic heterocycles. The molecular formula is C20H23N3O3S. The zero-order chi connectivity index (χ0) is 19.2. The van der Waals surface area contributed by atoms with E-state index in [0.29, 0.717) is 25.2 Å². The molecule has 3 atom stereocenters. The minimum Gasteiger partial charge on any atom is -0.331 e. The normalized spacial score (nSPS) is 25.6. The molecule has 2 aliphatic heterocycles. The largest absolute Gasteiger partial charge is 0.331 e. The van der Waals surface area contributed by atoms with Gasteiger partial charge in [0.1, 0.15) is 0 Å². The first kappa shape index (κ1) is 18.1. The Kier molecular flexibility index (Phi) is 4.52. The van der Waals surface area contributed by atoms with E-state index in [1.165, 1.54) is 6.26 Å². The number of hydrogen-bond acceptors (Lipinski definition) is 4. The van der Waals surface area contributed by atoms with Gasteiger partial charge in [0.25, 0.3) is 5.91 Å². The molecule has 7 heteroatoms. The minimum atomic E-state index is -3.23. The van der Waals surface area contributed by atoms with Crippen LogP contribution in [-0.2, 0) is 10.0 Å². The van der Waals surface area contributed by atoms with Crippen LogP contribution in [0.25, 0.3) is 0 Å². The van der Waals surface area contributed by atoms with Gasteiger partial charge in [-0.2, -0.15) is 0 Å². The monoisotopic (exact) mass is 385 g/mol. The molecule has 2 saturated heterocycles. The van der Waals surface area contributed by atoms with Crippen molar-refractivity contribution in [1.29, 1.82) is 0 Å². The lowest BCUT2D eigenvalue weighted by Crippen LogP contribution is -2.37. The van der Waals surface area contributed by atoms with Crippen LogP contribution in [0.3, 0.4) is 0 Å². The summed E-state index contributed by atoms with van der Waals surface area (Å²) in [5, 5.41) is 0. The molecule has 2 aromatic rings. The lowest BCUT2D eigenvalue weighted by atomic mass is 9.87. The first-order valence-electron chi connectivity index (χ1n) is 9.08. The standard InChI is InChI=1S/C20H23N3O3S/c1-14-6-3-4-8-17(14)19-18-13-22(27(2,25)26)11-16(18)12-23(19)20(24)15-7-5-9-21-10-15/h3-10,16,18-19H,11-13H2,1-2H3/t16-,18-,19+/m0/s1. The lowest BCUT2D eigenvalue weighted by molar-refractivity contribution is 0.0708. The van der Waals surface area contributed by atoms with E-state index >= 15 is 0 Å². The second kappa shape index (κ2) is 6.73. The molecule has 0 aliphatic carbocycles. The minimum absolute atomic E-state index is 0.0448. The zero-order valence-corrected chi connectivity index (χ0v) is 16.3. The van der Waals surface area contributed by atoms with Crippen LogP contribution in [-0.4, -0.2) is 54.4 Å². The summed E-state index contributed by atoms with van der Waals surface area (Å²) in [5.74, 6) is 0.197. The molecule has 1 amide bonds. The van der Waals surface area contributed by atoms with E-state index in [9.17, 15) is 13.2 Å². The highest BCUT2D eigenvalue weighted by Gasteiger charge is 2.51. The van der Waals surface area contributed by atoms with Gasteiger partial charge in [-0.3, -0.25) is 9.78 Å². The van der Waals surface area contributed by atoms with E-state index < -0.39 is 10.0 Å². The SMILES string of the molecule is Cc1ccccc1[C@@H]1[C@H]2CN(S(C)(=O)=O)C[C@H]2CN1C(=O)c1cccnc1. The van der Waals surface area contributed by atoms with Crippen LogP contribution in [0.2, 0.25) is 0 Å². The number of hydrogen-bond donors (Lipinski definition) is 0. The number of aryl methyl sites for hydroxylation is 1. The third kappa shape index (κ3) is 3.26. The van der Waals surface area contributed by atoms with Crippen LogP contribution >= 0.6 is 0 Å². The van der Waals surface area contributed by atoms with Gasteiger partial charge in [0.2, 0.25) is 10.0 Å². The molecule has 6 nitrogen and oxygen atoms in total. The van der Waals surface area contributed by atoms with Crippen molar-refractivity contribution in [2.75, 3.05) is 25.9 Å². The molecule has 0 saturated carbocycles. The van der Waals surface area contributed by atoms with Gasteiger partial charge in [-0.15, -0.1) is 0 Å². The zero-order valence-electron chi connectivity index (χ0n) is 15.4. The average molecular weight is 385 g/mol. The Bertz CT molecular complexity index is 961. The average Bonchev–Trinajstić information content (AvgIpc) is 3.20. The number of aromatic nitrogens is 1. The van der Waals surface area contributed by atoms with E-state index in [2.05, 4.69) is 11.1 Å². The van der Waals surface area contributed by atoms with Gasteiger partial charge in [-0.05, 0) is 36.1 Å². The number of nitrogens with zero attached hydrogens (tertiary/aromatic N) is 3. The summed E-state index contributed by atoms with van der Waals surface area (Å²) in [4.78, 5) is 19.2. The van der Waals surface area contributed by atoms with E-state index in [1.807, 2.05) is 30.0 Å². The molecule has 142 valence electrons. The van der Waals surface area contributed by atoms with Gasteiger partial charge in [0, 0.05) is 37.9 Å². The van der Waals surface area contributed by atoms with Crippen LogP contribution in [0.5, 0.6) is 0 Å². The van der Waals surface area contributed by atoms with Gasteiger partial charge in [0.05, 0.1) is 17.9 Å². The van der Waals surface area contributed by atoms with Crippen molar-refractivity contribution >= 4 is 15.9 Å². The van der Waals surface area contributed by atoms with E-state index in [-0.39, 0.29) is 23.8 Å². The van der Waals surface area contributed by atoms with Gasteiger partial charge in [-0.1, -0.05) is 24.3 Å². The molecule has 2 fully saturated rings. The Labute approximate surface area is 159 Å². The lowest BCUT2D eigenvalue weighted by Gasteiger charge is -2.30. The van der Waals surface area contributed by atoms with Crippen LogP contribution in [0.1, 0.15) is 27.5 Å². The number of carbonyl (C=O) groups excluding carboxylic acids is 1. The van der Waals surface area contributed by atoms with E-state index in [1.54, 1.807) is 28.8 Å². The maximum atomic E-state index is 13.2. The number of sulfonamides is 1. The predicted molar refractivity (Wildman–Crippen MR) is 103 cm³/mol. The van der Waals surface area contributed by atoms with Crippen molar-refractivity contribution < 1.29 is 13.2 Å². The number of benzene rings is 1. The van der Waals surface area contributed by atoms with Crippen molar-refractivity contribution in [3.8, 4) is 0 Å². The third-order valence-corrected chi connectivity index (χ3v) is 7.01. The number of amides is 1. The Balaban J connectivity index is 1.73. The Morgan fingerprint density at radius 3 is 2.56 bits per heavy atom. The maximum absolute atomic E-state index is 13.2. The van der Waals surface area contributed by atoms with Crippen LogP contribution in [0.4, 0.5) is 0 Å². The molecule has 3 heterocycles. The molecule has 0 unspecified atom stereocenters. The van der Waals surface area contributed by atoms with E-state index in [4.69, 9.17) is 0 Å². The number of pyridine rings is 1.